The molecule has 1 N–H and O–H groups in total. The Morgan fingerprint density at radius 2 is 1.85 bits per heavy atom. The van der Waals surface area contributed by atoms with Crippen LogP contribution in [0.4, 0.5) is 11.4 Å². The molecule has 1 heterocycles. The van der Waals surface area contributed by atoms with Crippen LogP contribution in [-0.4, -0.2) is 46.8 Å². The molecule has 0 aliphatic carbocycles. The van der Waals surface area contributed by atoms with E-state index < -0.39 is 10.0 Å². The van der Waals surface area contributed by atoms with Crippen molar-refractivity contribution in [1.82, 2.24) is 5.32 Å². The van der Waals surface area contributed by atoms with E-state index in [0.717, 1.165) is 31.1 Å². The first-order valence-corrected chi connectivity index (χ1v) is 11.3. The van der Waals surface area contributed by atoms with Crippen molar-refractivity contribution in [1.29, 1.82) is 0 Å². The zero-order chi connectivity index (χ0) is 19.2. The van der Waals surface area contributed by atoms with E-state index in [4.69, 9.17) is 0 Å². The average Bonchev–Trinajstić information content (AvgIpc) is 2.59. The molecule has 1 fully saturated rings. The lowest BCUT2D eigenvalue weighted by atomic mass is 9.99. The van der Waals surface area contributed by atoms with Gasteiger partial charge in [-0.25, -0.2) is 8.42 Å². The first-order valence-electron chi connectivity index (χ1n) is 9.40. The van der Waals surface area contributed by atoms with E-state index in [2.05, 4.69) is 17.1 Å². The second-order valence-electron chi connectivity index (χ2n) is 7.12. The monoisotopic (exact) mass is 381 g/mol. The average molecular weight is 382 g/mol. The van der Waals surface area contributed by atoms with Crippen LogP contribution in [0.25, 0.3) is 0 Å². The van der Waals surface area contributed by atoms with Crippen molar-refractivity contribution in [3.8, 4) is 0 Å². The number of hydrogen-bond donors (Lipinski definition) is 1. The molecule has 6 nitrogen and oxygen atoms in total. The Bertz CT molecular complexity index is 680. The first kappa shape index (κ1) is 20.6. The molecule has 0 radical (unpaired) electrons. The van der Waals surface area contributed by atoms with Crippen LogP contribution in [-0.2, 0) is 14.8 Å². The van der Waals surface area contributed by atoms with Gasteiger partial charge in [-0.15, -0.1) is 0 Å². The molecule has 0 aromatic heterocycles. The van der Waals surface area contributed by atoms with E-state index in [0.29, 0.717) is 18.7 Å². The molecule has 26 heavy (non-hydrogen) atoms. The molecule has 7 heteroatoms. The van der Waals surface area contributed by atoms with Crippen molar-refractivity contribution < 1.29 is 13.2 Å². The molecule has 1 aromatic carbocycles. The summed E-state index contributed by atoms with van der Waals surface area (Å²) in [5, 5.41) is 2.77. The topological polar surface area (TPSA) is 69.7 Å². The minimum Gasteiger partial charge on any atom is -0.372 e. The minimum absolute atomic E-state index is 0.0457. The third kappa shape index (κ3) is 5.90. The predicted octanol–water partition coefficient (Wildman–Crippen LogP) is 2.61. The molecule has 0 saturated carbocycles. The van der Waals surface area contributed by atoms with Crippen molar-refractivity contribution in [2.24, 2.45) is 5.92 Å². The van der Waals surface area contributed by atoms with Gasteiger partial charge in [0.25, 0.3) is 0 Å². The molecular formula is C19H31N3O3S. The summed E-state index contributed by atoms with van der Waals surface area (Å²) in [5.41, 5.74) is 1.76. The fourth-order valence-electron chi connectivity index (χ4n) is 3.20. The van der Waals surface area contributed by atoms with Gasteiger partial charge < -0.3 is 10.2 Å². The van der Waals surface area contributed by atoms with Crippen LogP contribution in [0.3, 0.4) is 0 Å². The maximum atomic E-state index is 12.2. The Balaban J connectivity index is 2.02. The largest absolute Gasteiger partial charge is 0.372 e. The van der Waals surface area contributed by atoms with E-state index in [9.17, 15) is 13.2 Å². The highest BCUT2D eigenvalue weighted by atomic mass is 32.2. The molecule has 1 aromatic rings. The Morgan fingerprint density at radius 1 is 1.23 bits per heavy atom. The van der Waals surface area contributed by atoms with Crippen LogP contribution in [0.15, 0.2) is 24.3 Å². The van der Waals surface area contributed by atoms with Crippen LogP contribution >= 0.6 is 0 Å². The summed E-state index contributed by atoms with van der Waals surface area (Å²) < 4.78 is 25.7. The van der Waals surface area contributed by atoms with Gasteiger partial charge in [-0.3, -0.25) is 9.10 Å². The molecule has 0 atom stereocenters. The van der Waals surface area contributed by atoms with E-state index in [-0.39, 0.29) is 12.5 Å². The number of nitrogens with zero attached hydrogens (tertiary/aromatic N) is 2. The molecule has 1 saturated heterocycles. The Labute approximate surface area is 157 Å². The summed E-state index contributed by atoms with van der Waals surface area (Å²) in [6.07, 6.45) is 4.81. The molecule has 2 rings (SSSR count). The van der Waals surface area contributed by atoms with E-state index in [1.807, 2.05) is 31.2 Å². The van der Waals surface area contributed by atoms with Gasteiger partial charge in [-0.2, -0.15) is 0 Å². The number of benzene rings is 1. The molecule has 0 spiro atoms. The summed E-state index contributed by atoms with van der Waals surface area (Å²) in [7, 11) is -3.40. The lowest BCUT2D eigenvalue weighted by molar-refractivity contribution is -0.121. The van der Waals surface area contributed by atoms with Crippen molar-refractivity contribution in [3.63, 3.8) is 0 Å². The number of rotatable bonds is 8. The van der Waals surface area contributed by atoms with Crippen molar-refractivity contribution >= 4 is 27.3 Å². The highest BCUT2D eigenvalue weighted by molar-refractivity contribution is 7.92. The van der Waals surface area contributed by atoms with Crippen LogP contribution in [0.2, 0.25) is 0 Å². The second-order valence-corrected chi connectivity index (χ2v) is 9.03. The van der Waals surface area contributed by atoms with Crippen molar-refractivity contribution in [2.75, 3.05) is 41.6 Å². The second kappa shape index (κ2) is 9.26. The van der Waals surface area contributed by atoms with Crippen LogP contribution < -0.4 is 14.5 Å². The van der Waals surface area contributed by atoms with Crippen molar-refractivity contribution in [2.45, 2.75) is 39.5 Å². The molecular weight excluding hydrogens is 350 g/mol. The Hall–Kier alpha value is -1.76. The molecule has 1 aliphatic heterocycles. The van der Waals surface area contributed by atoms with E-state index >= 15 is 0 Å². The molecule has 0 unspecified atom stereocenters. The van der Waals surface area contributed by atoms with Gasteiger partial charge in [-0.05, 0) is 49.4 Å². The molecule has 1 aliphatic rings. The third-order valence-corrected chi connectivity index (χ3v) is 5.99. The number of carbonyl (C=O) groups excluding carboxylic acids is 1. The van der Waals surface area contributed by atoms with Gasteiger partial charge in [0.05, 0.1) is 18.5 Å². The zero-order valence-corrected chi connectivity index (χ0v) is 16.9. The fourth-order valence-corrected chi connectivity index (χ4v) is 4.12. The number of piperidine rings is 1. The number of hydrogen-bond acceptors (Lipinski definition) is 4. The summed E-state index contributed by atoms with van der Waals surface area (Å²) in [5.74, 6) is 0.727. The standard InChI is InChI=1S/C19H31N3O3S/c1-4-5-19(23)20-12-15-22(26(3,24)25)18-8-6-17(7-9-18)21-13-10-16(2)11-14-21/h6-9,16H,4-5,10-15H2,1-3H3,(H,20,23). The van der Waals surface area contributed by atoms with E-state index in [1.165, 1.54) is 23.4 Å². The van der Waals surface area contributed by atoms with Gasteiger partial charge in [0, 0.05) is 31.7 Å². The van der Waals surface area contributed by atoms with Crippen LogP contribution in [0.1, 0.15) is 39.5 Å². The summed E-state index contributed by atoms with van der Waals surface area (Å²) in [6, 6.07) is 7.67. The Kier molecular flexibility index (Phi) is 7.32. The number of anilines is 2. The predicted molar refractivity (Wildman–Crippen MR) is 107 cm³/mol. The highest BCUT2D eigenvalue weighted by Crippen LogP contribution is 2.26. The maximum absolute atomic E-state index is 12.2. The number of amides is 1. The SMILES string of the molecule is CCCC(=O)NCCN(c1ccc(N2CCC(C)CC2)cc1)S(C)(=O)=O. The zero-order valence-electron chi connectivity index (χ0n) is 16.1. The quantitative estimate of drug-likeness (QED) is 0.751. The first-order chi connectivity index (χ1) is 12.3. The van der Waals surface area contributed by atoms with Crippen LogP contribution in [0, 0.1) is 5.92 Å². The number of carbonyl (C=O) groups is 1. The lowest BCUT2D eigenvalue weighted by Crippen LogP contribution is -2.38. The minimum atomic E-state index is -3.40. The summed E-state index contributed by atoms with van der Waals surface area (Å²) in [4.78, 5) is 13.9. The van der Waals surface area contributed by atoms with Gasteiger partial charge >= 0.3 is 0 Å². The number of sulfonamides is 1. The third-order valence-electron chi connectivity index (χ3n) is 4.80. The number of nitrogens with one attached hydrogen (secondary N) is 1. The molecule has 146 valence electrons. The van der Waals surface area contributed by atoms with Gasteiger partial charge in [0.15, 0.2) is 0 Å². The molecule has 1 amide bonds. The van der Waals surface area contributed by atoms with Gasteiger partial charge in [0.2, 0.25) is 15.9 Å². The smallest absolute Gasteiger partial charge is 0.232 e. The lowest BCUT2D eigenvalue weighted by Gasteiger charge is -2.32. The maximum Gasteiger partial charge on any atom is 0.232 e. The normalized spacial score (nSPS) is 15.7. The van der Waals surface area contributed by atoms with E-state index in [1.54, 1.807) is 0 Å². The highest BCUT2D eigenvalue weighted by Gasteiger charge is 2.19. The fraction of sp³-hybridized carbons (Fsp3) is 0.632. The van der Waals surface area contributed by atoms with Gasteiger partial charge in [0.1, 0.15) is 0 Å². The Morgan fingerprint density at radius 3 is 2.38 bits per heavy atom. The van der Waals surface area contributed by atoms with Crippen molar-refractivity contribution in [3.05, 3.63) is 24.3 Å². The van der Waals surface area contributed by atoms with Crippen LogP contribution in [0.5, 0.6) is 0 Å². The molecule has 0 bridgehead atoms. The summed E-state index contributed by atoms with van der Waals surface area (Å²) >= 11 is 0. The van der Waals surface area contributed by atoms with Gasteiger partial charge in [-0.1, -0.05) is 13.8 Å². The summed E-state index contributed by atoms with van der Waals surface area (Å²) in [6.45, 7) is 6.84.